The zero-order valence-electron chi connectivity index (χ0n) is 10.2. The Hall–Kier alpha value is -1.43. The predicted molar refractivity (Wildman–Crippen MR) is 66.2 cm³/mol. The zero-order valence-corrected chi connectivity index (χ0v) is 10.9. The number of anilines is 1. The number of esters is 1. The normalized spacial score (nSPS) is 11.2. The number of ether oxygens (including phenoxy) is 1. The van der Waals surface area contributed by atoms with Gasteiger partial charge in [0.05, 0.1) is 12.7 Å². The van der Waals surface area contributed by atoms with Crippen LogP contribution in [0.15, 0.2) is 18.2 Å². The van der Waals surface area contributed by atoms with Gasteiger partial charge in [0.1, 0.15) is 0 Å². The van der Waals surface area contributed by atoms with E-state index in [1.165, 1.54) is 13.2 Å². The van der Waals surface area contributed by atoms with Gasteiger partial charge >= 0.3 is 12.1 Å². The maximum atomic E-state index is 12.5. The largest absolute Gasteiger partial charge is 0.469 e. The Morgan fingerprint density at radius 1 is 1.37 bits per heavy atom. The number of alkyl halides is 3. The number of methoxy groups -OCH3 is 1. The van der Waals surface area contributed by atoms with Gasteiger partial charge in [-0.2, -0.15) is 13.2 Å². The third-order valence-corrected chi connectivity index (χ3v) is 2.56. The molecule has 0 saturated carbocycles. The van der Waals surface area contributed by atoms with Crippen molar-refractivity contribution in [2.75, 3.05) is 19.0 Å². The Kier molecular flexibility index (Phi) is 5.47. The first-order chi connectivity index (χ1) is 8.82. The second kappa shape index (κ2) is 6.65. The van der Waals surface area contributed by atoms with E-state index in [-0.39, 0.29) is 23.1 Å². The summed E-state index contributed by atoms with van der Waals surface area (Å²) in [6, 6.07) is 3.24. The Morgan fingerprint density at radius 3 is 2.63 bits per heavy atom. The lowest BCUT2D eigenvalue weighted by Crippen LogP contribution is -2.09. The average molecular weight is 296 g/mol. The molecule has 0 spiro atoms. The number of benzene rings is 1. The second-order valence-electron chi connectivity index (χ2n) is 3.83. The maximum absolute atomic E-state index is 12.5. The third kappa shape index (κ3) is 5.38. The van der Waals surface area contributed by atoms with Crippen LogP contribution in [-0.4, -0.2) is 19.6 Å². The van der Waals surface area contributed by atoms with E-state index >= 15 is 0 Å². The van der Waals surface area contributed by atoms with E-state index in [0.29, 0.717) is 13.0 Å². The number of hydrogen-bond acceptors (Lipinski definition) is 3. The third-order valence-electron chi connectivity index (χ3n) is 2.34. The lowest BCUT2D eigenvalue weighted by atomic mass is 10.2. The predicted octanol–water partition coefficient (Wildman–Crippen LogP) is 3.72. The molecule has 0 heterocycles. The van der Waals surface area contributed by atoms with E-state index in [2.05, 4.69) is 10.1 Å². The van der Waals surface area contributed by atoms with Crippen LogP contribution in [0.25, 0.3) is 0 Å². The van der Waals surface area contributed by atoms with Crippen molar-refractivity contribution in [2.24, 2.45) is 0 Å². The summed E-state index contributed by atoms with van der Waals surface area (Å²) < 4.78 is 42.1. The van der Waals surface area contributed by atoms with Crippen LogP contribution in [0.4, 0.5) is 18.9 Å². The first kappa shape index (κ1) is 15.6. The topological polar surface area (TPSA) is 38.3 Å². The fourth-order valence-corrected chi connectivity index (χ4v) is 1.66. The molecule has 1 aromatic rings. The second-order valence-corrected chi connectivity index (χ2v) is 4.27. The lowest BCUT2D eigenvalue weighted by Gasteiger charge is -2.11. The minimum Gasteiger partial charge on any atom is -0.469 e. The van der Waals surface area contributed by atoms with Crippen LogP contribution in [-0.2, 0) is 15.7 Å². The molecule has 0 aliphatic rings. The summed E-state index contributed by atoms with van der Waals surface area (Å²) in [6.07, 6.45) is -3.77. The Balaban J connectivity index is 2.59. The summed E-state index contributed by atoms with van der Waals surface area (Å²) in [7, 11) is 1.28. The van der Waals surface area contributed by atoms with Gasteiger partial charge in [0, 0.05) is 23.7 Å². The molecule has 0 unspecified atom stereocenters. The van der Waals surface area contributed by atoms with Crippen molar-refractivity contribution < 1.29 is 22.7 Å². The van der Waals surface area contributed by atoms with Crippen LogP contribution >= 0.6 is 11.6 Å². The van der Waals surface area contributed by atoms with Gasteiger partial charge in [-0.1, -0.05) is 11.6 Å². The molecule has 0 atom stereocenters. The molecule has 0 saturated heterocycles. The summed E-state index contributed by atoms with van der Waals surface area (Å²) >= 11 is 5.63. The number of carbonyl (C=O) groups is 1. The molecule has 7 heteroatoms. The zero-order chi connectivity index (χ0) is 14.5. The minimum absolute atomic E-state index is 0.00490. The molecule has 106 valence electrons. The highest BCUT2D eigenvalue weighted by molar-refractivity contribution is 6.30. The van der Waals surface area contributed by atoms with Crippen molar-refractivity contribution in [3.05, 3.63) is 28.8 Å². The molecular formula is C12H13ClF3NO2. The number of nitrogens with one attached hydrogen (secondary N) is 1. The fraction of sp³-hybridized carbons (Fsp3) is 0.417. The highest BCUT2D eigenvalue weighted by atomic mass is 35.5. The van der Waals surface area contributed by atoms with Gasteiger partial charge in [0.25, 0.3) is 0 Å². The van der Waals surface area contributed by atoms with Crippen LogP contribution in [0, 0.1) is 0 Å². The Bertz CT molecular complexity index is 449. The maximum Gasteiger partial charge on any atom is 0.416 e. The standard InChI is InChI=1S/C12H13ClF3NO2/c1-19-11(18)3-2-4-17-10-6-8(12(14,15)16)5-9(13)7-10/h5-7,17H,2-4H2,1H3. The van der Waals surface area contributed by atoms with Gasteiger partial charge < -0.3 is 10.1 Å². The van der Waals surface area contributed by atoms with Gasteiger partial charge in [-0.05, 0) is 24.6 Å². The molecule has 3 nitrogen and oxygen atoms in total. The van der Waals surface area contributed by atoms with Crippen LogP contribution in [0.2, 0.25) is 5.02 Å². The number of carbonyl (C=O) groups excluding carboxylic acids is 1. The molecule has 0 bridgehead atoms. The summed E-state index contributed by atoms with van der Waals surface area (Å²) in [5.74, 6) is -0.358. The molecule has 0 aliphatic heterocycles. The van der Waals surface area contributed by atoms with E-state index in [1.54, 1.807) is 0 Å². The number of halogens is 4. The SMILES string of the molecule is COC(=O)CCCNc1cc(Cl)cc(C(F)(F)F)c1. The lowest BCUT2D eigenvalue weighted by molar-refractivity contribution is -0.140. The van der Waals surface area contributed by atoms with Crippen molar-refractivity contribution in [2.45, 2.75) is 19.0 Å². The molecule has 0 aliphatic carbocycles. The molecule has 1 aromatic carbocycles. The molecule has 0 amide bonds. The van der Waals surface area contributed by atoms with Crippen LogP contribution < -0.4 is 5.32 Å². The van der Waals surface area contributed by atoms with Crippen LogP contribution in [0.1, 0.15) is 18.4 Å². The van der Waals surface area contributed by atoms with Gasteiger partial charge in [0.15, 0.2) is 0 Å². The summed E-state index contributed by atoms with van der Waals surface area (Å²) in [4.78, 5) is 10.8. The monoisotopic (exact) mass is 295 g/mol. The molecule has 19 heavy (non-hydrogen) atoms. The highest BCUT2D eigenvalue weighted by Crippen LogP contribution is 2.33. The highest BCUT2D eigenvalue weighted by Gasteiger charge is 2.31. The molecular weight excluding hydrogens is 283 g/mol. The van der Waals surface area contributed by atoms with Gasteiger partial charge in [0.2, 0.25) is 0 Å². The van der Waals surface area contributed by atoms with E-state index < -0.39 is 11.7 Å². The first-order valence-electron chi connectivity index (χ1n) is 5.51. The van der Waals surface area contributed by atoms with Gasteiger partial charge in [-0.3, -0.25) is 4.79 Å². The number of rotatable bonds is 5. The Morgan fingerprint density at radius 2 is 2.05 bits per heavy atom. The van der Waals surface area contributed by atoms with Gasteiger partial charge in [-0.15, -0.1) is 0 Å². The van der Waals surface area contributed by atoms with Crippen molar-refractivity contribution in [1.82, 2.24) is 0 Å². The summed E-state index contributed by atoms with van der Waals surface area (Å²) in [5, 5.41) is 2.79. The molecule has 0 radical (unpaired) electrons. The average Bonchev–Trinajstić information content (AvgIpc) is 2.32. The first-order valence-corrected chi connectivity index (χ1v) is 5.89. The van der Waals surface area contributed by atoms with E-state index in [0.717, 1.165) is 12.1 Å². The smallest absolute Gasteiger partial charge is 0.416 e. The van der Waals surface area contributed by atoms with E-state index in [1.807, 2.05) is 0 Å². The van der Waals surface area contributed by atoms with Crippen molar-refractivity contribution in [1.29, 1.82) is 0 Å². The van der Waals surface area contributed by atoms with Crippen molar-refractivity contribution >= 4 is 23.3 Å². The molecule has 0 aromatic heterocycles. The fourth-order valence-electron chi connectivity index (χ4n) is 1.42. The quantitative estimate of drug-likeness (QED) is 0.664. The summed E-state index contributed by atoms with van der Waals surface area (Å²) in [6.45, 7) is 0.354. The Labute approximate surface area is 113 Å². The van der Waals surface area contributed by atoms with E-state index in [9.17, 15) is 18.0 Å². The molecule has 0 fully saturated rings. The van der Waals surface area contributed by atoms with Crippen LogP contribution in [0.5, 0.6) is 0 Å². The van der Waals surface area contributed by atoms with E-state index in [4.69, 9.17) is 11.6 Å². The molecule has 1 rings (SSSR count). The van der Waals surface area contributed by atoms with Crippen LogP contribution in [0.3, 0.4) is 0 Å². The summed E-state index contributed by atoms with van der Waals surface area (Å²) in [5.41, 5.74) is -0.542. The van der Waals surface area contributed by atoms with Crippen molar-refractivity contribution in [3.8, 4) is 0 Å². The van der Waals surface area contributed by atoms with Gasteiger partial charge in [-0.25, -0.2) is 0 Å². The number of hydrogen-bond donors (Lipinski definition) is 1. The molecule has 1 N–H and O–H groups in total. The minimum atomic E-state index is -4.44. The van der Waals surface area contributed by atoms with Crippen molar-refractivity contribution in [3.63, 3.8) is 0 Å².